The van der Waals surface area contributed by atoms with Crippen LogP contribution in [0.4, 0.5) is 0 Å². The van der Waals surface area contributed by atoms with Gasteiger partial charge in [0, 0.05) is 28.3 Å². The van der Waals surface area contributed by atoms with Crippen LogP contribution in [-0.4, -0.2) is 11.2 Å². The Bertz CT molecular complexity index is 857. The van der Waals surface area contributed by atoms with Crippen molar-refractivity contribution in [3.63, 3.8) is 0 Å². The topological polar surface area (TPSA) is 15.8 Å². The molecule has 0 aliphatic heterocycles. The van der Waals surface area contributed by atoms with E-state index >= 15 is 0 Å². The van der Waals surface area contributed by atoms with Gasteiger partial charge in [-0.15, -0.1) is 0 Å². The molecule has 2 heteroatoms. The number of thioether (sulfide) groups is 1. The second-order valence-corrected chi connectivity index (χ2v) is 8.18. The van der Waals surface area contributed by atoms with Crippen molar-refractivity contribution in [2.45, 2.75) is 37.9 Å². The van der Waals surface area contributed by atoms with E-state index in [0.29, 0.717) is 0 Å². The Hall–Kier alpha value is -1.67. The zero-order valence-corrected chi connectivity index (χ0v) is 15.5. The summed E-state index contributed by atoms with van der Waals surface area (Å²) in [5.41, 5.74) is 7.08. The van der Waals surface area contributed by atoms with Crippen LogP contribution in [0, 0.1) is 12.8 Å². The maximum atomic E-state index is 3.60. The average molecular weight is 336 g/mol. The molecule has 0 radical (unpaired) electrons. The number of para-hydroxylation sites is 1. The van der Waals surface area contributed by atoms with Gasteiger partial charge in [-0.3, -0.25) is 0 Å². The second kappa shape index (κ2) is 6.00. The Balaban J connectivity index is 1.89. The minimum atomic E-state index is 0.101. The first-order valence-corrected chi connectivity index (χ1v) is 10.2. The van der Waals surface area contributed by atoms with Gasteiger partial charge < -0.3 is 4.98 Å². The van der Waals surface area contributed by atoms with E-state index in [1.807, 2.05) is 11.8 Å². The Morgan fingerprint density at radius 3 is 2.54 bits per heavy atom. The number of aromatic nitrogens is 1. The maximum Gasteiger partial charge on any atom is 0.0498 e. The van der Waals surface area contributed by atoms with E-state index in [-0.39, 0.29) is 5.41 Å². The third-order valence-corrected chi connectivity index (χ3v) is 6.31. The molecule has 3 aromatic rings. The minimum absolute atomic E-state index is 0.101. The molecule has 1 saturated carbocycles. The summed E-state index contributed by atoms with van der Waals surface area (Å²) in [5.74, 6) is 1.81. The molecular formula is C22H25NS. The van der Waals surface area contributed by atoms with Crippen LogP contribution in [0.5, 0.6) is 0 Å². The van der Waals surface area contributed by atoms with Crippen molar-refractivity contribution in [3.05, 3.63) is 70.9 Å². The van der Waals surface area contributed by atoms with Crippen molar-refractivity contribution in [2.75, 3.05) is 6.26 Å². The summed E-state index contributed by atoms with van der Waals surface area (Å²) < 4.78 is 0. The summed E-state index contributed by atoms with van der Waals surface area (Å²) in [4.78, 5) is 3.60. The molecule has 0 bridgehead atoms. The Kier molecular flexibility index (Phi) is 3.96. The molecule has 1 fully saturated rings. The van der Waals surface area contributed by atoms with Crippen molar-refractivity contribution in [2.24, 2.45) is 5.92 Å². The highest BCUT2D eigenvalue weighted by Crippen LogP contribution is 2.52. The molecule has 1 unspecified atom stereocenters. The number of rotatable bonds is 5. The molecule has 1 heterocycles. The summed E-state index contributed by atoms with van der Waals surface area (Å²) in [6, 6.07) is 15.9. The van der Waals surface area contributed by atoms with Crippen LogP contribution in [-0.2, 0) is 11.2 Å². The molecule has 2 aromatic carbocycles. The molecule has 1 aliphatic rings. The molecule has 4 rings (SSSR count). The van der Waals surface area contributed by atoms with Crippen LogP contribution in [0.2, 0.25) is 0 Å². The standard InChI is InChI=1S/C22H25NS/c1-15-7-9-17(10-8-15)22(2,18-11-12-18)20-13-23-21-16(14-24-3)5-4-6-19(20)21/h4-10,13,18,23H,11-12,14H2,1-3H3. The van der Waals surface area contributed by atoms with Gasteiger partial charge in [-0.25, -0.2) is 0 Å². The van der Waals surface area contributed by atoms with Gasteiger partial charge in [-0.2, -0.15) is 11.8 Å². The van der Waals surface area contributed by atoms with E-state index in [9.17, 15) is 0 Å². The van der Waals surface area contributed by atoms with Gasteiger partial charge in [0.1, 0.15) is 0 Å². The summed E-state index contributed by atoms with van der Waals surface area (Å²) in [5, 5.41) is 1.40. The molecule has 24 heavy (non-hydrogen) atoms. The zero-order valence-electron chi connectivity index (χ0n) is 14.7. The van der Waals surface area contributed by atoms with Crippen LogP contribution >= 0.6 is 11.8 Å². The lowest BCUT2D eigenvalue weighted by Crippen LogP contribution is -2.26. The number of hydrogen-bond acceptors (Lipinski definition) is 1. The second-order valence-electron chi connectivity index (χ2n) is 7.32. The predicted octanol–water partition coefficient (Wildman–Crippen LogP) is 6.06. The molecule has 0 amide bonds. The highest BCUT2D eigenvalue weighted by Gasteiger charge is 2.45. The van der Waals surface area contributed by atoms with Gasteiger partial charge in [0.25, 0.3) is 0 Å². The molecule has 0 saturated heterocycles. The third kappa shape index (κ3) is 2.48. The SMILES string of the molecule is CSCc1cccc2c(C(C)(c3ccc(C)cc3)C3CC3)c[nH]c12. The van der Waals surface area contributed by atoms with Crippen LogP contribution in [0.25, 0.3) is 10.9 Å². The van der Waals surface area contributed by atoms with Crippen LogP contribution in [0.3, 0.4) is 0 Å². The first kappa shape index (κ1) is 15.8. The molecular weight excluding hydrogens is 310 g/mol. The highest BCUT2D eigenvalue weighted by atomic mass is 32.2. The fourth-order valence-corrected chi connectivity index (χ4v) is 4.65. The Labute approximate surface area is 148 Å². The van der Waals surface area contributed by atoms with Crippen LogP contribution in [0.15, 0.2) is 48.7 Å². The van der Waals surface area contributed by atoms with Crippen molar-refractivity contribution in [1.29, 1.82) is 0 Å². The van der Waals surface area contributed by atoms with Crippen molar-refractivity contribution in [3.8, 4) is 0 Å². The molecule has 1 atom stereocenters. The Morgan fingerprint density at radius 1 is 1.12 bits per heavy atom. The quantitative estimate of drug-likeness (QED) is 0.599. The van der Waals surface area contributed by atoms with E-state index in [1.54, 1.807) is 0 Å². The fraction of sp³-hybridized carbons (Fsp3) is 0.364. The maximum absolute atomic E-state index is 3.60. The first-order valence-electron chi connectivity index (χ1n) is 8.80. The molecule has 1 nitrogen and oxygen atoms in total. The van der Waals surface area contributed by atoms with Crippen LogP contribution < -0.4 is 0 Å². The number of H-pyrrole nitrogens is 1. The third-order valence-electron chi connectivity index (χ3n) is 5.71. The number of benzene rings is 2. The summed E-state index contributed by atoms with van der Waals surface area (Å²) in [7, 11) is 0. The van der Waals surface area contributed by atoms with E-state index in [0.717, 1.165) is 11.7 Å². The smallest absolute Gasteiger partial charge is 0.0498 e. The fourth-order valence-electron chi connectivity index (χ4n) is 4.09. The van der Waals surface area contributed by atoms with Gasteiger partial charge in [0.05, 0.1) is 0 Å². The molecule has 1 aliphatic carbocycles. The number of nitrogens with one attached hydrogen (secondary N) is 1. The molecule has 124 valence electrons. The lowest BCUT2D eigenvalue weighted by molar-refractivity contribution is 0.499. The average Bonchev–Trinajstić information content (AvgIpc) is 3.35. The summed E-state index contributed by atoms with van der Waals surface area (Å²) in [6.45, 7) is 4.61. The van der Waals surface area contributed by atoms with E-state index in [1.165, 1.54) is 46.0 Å². The minimum Gasteiger partial charge on any atom is -0.361 e. The van der Waals surface area contributed by atoms with Gasteiger partial charge in [-0.1, -0.05) is 55.0 Å². The Morgan fingerprint density at radius 2 is 1.88 bits per heavy atom. The van der Waals surface area contributed by atoms with Crippen molar-refractivity contribution in [1.82, 2.24) is 4.98 Å². The summed E-state index contributed by atoms with van der Waals surface area (Å²) >= 11 is 1.88. The number of aryl methyl sites for hydroxylation is 1. The van der Waals surface area contributed by atoms with Crippen LogP contribution in [0.1, 0.15) is 42.0 Å². The molecule has 1 N–H and O–H groups in total. The number of fused-ring (bicyclic) bond motifs is 1. The largest absolute Gasteiger partial charge is 0.361 e. The number of aromatic amines is 1. The summed E-state index contributed by atoms with van der Waals surface area (Å²) in [6.07, 6.45) is 7.11. The zero-order chi connectivity index (χ0) is 16.7. The molecule has 0 spiro atoms. The van der Waals surface area contributed by atoms with Gasteiger partial charge >= 0.3 is 0 Å². The van der Waals surface area contributed by atoms with Gasteiger partial charge in [0.15, 0.2) is 0 Å². The normalized spacial score (nSPS) is 17.1. The predicted molar refractivity (Wildman–Crippen MR) is 106 cm³/mol. The monoisotopic (exact) mass is 335 g/mol. The highest BCUT2D eigenvalue weighted by molar-refractivity contribution is 7.97. The number of hydrogen-bond donors (Lipinski definition) is 1. The van der Waals surface area contributed by atoms with E-state index < -0.39 is 0 Å². The van der Waals surface area contributed by atoms with Crippen molar-refractivity contribution < 1.29 is 0 Å². The van der Waals surface area contributed by atoms with E-state index in [4.69, 9.17) is 0 Å². The van der Waals surface area contributed by atoms with Gasteiger partial charge in [-0.05, 0) is 48.6 Å². The first-order chi connectivity index (χ1) is 11.6. The lowest BCUT2D eigenvalue weighted by atomic mass is 9.72. The van der Waals surface area contributed by atoms with Crippen molar-refractivity contribution >= 4 is 22.7 Å². The molecule has 1 aromatic heterocycles. The lowest BCUT2D eigenvalue weighted by Gasteiger charge is -2.31. The van der Waals surface area contributed by atoms with Gasteiger partial charge in [0.2, 0.25) is 0 Å². The van der Waals surface area contributed by atoms with E-state index in [2.05, 4.69) is 73.7 Å².